The van der Waals surface area contributed by atoms with Gasteiger partial charge in [-0.25, -0.2) is 8.42 Å². The fraction of sp³-hybridized carbons (Fsp3) is 0.241. The molecule has 1 amide bonds. The second kappa shape index (κ2) is 20.2. The van der Waals surface area contributed by atoms with Gasteiger partial charge in [0, 0.05) is 31.1 Å². The van der Waals surface area contributed by atoms with E-state index in [4.69, 9.17) is 9.47 Å². The third-order valence-corrected chi connectivity index (χ3v) is 13.6. The molecule has 1 aliphatic heterocycles. The van der Waals surface area contributed by atoms with Crippen molar-refractivity contribution in [3.8, 4) is 11.1 Å². The van der Waals surface area contributed by atoms with E-state index >= 15 is 0 Å². The monoisotopic (exact) mass is 873 g/mol. The minimum Gasteiger partial charge on any atom is -0.392 e. The molecule has 64 heavy (non-hydrogen) atoms. The molecular formula is C54H55N3O6S. The van der Waals surface area contributed by atoms with Gasteiger partial charge in [0.05, 0.1) is 23.7 Å². The second-order valence-corrected chi connectivity index (χ2v) is 18.5. The fourth-order valence-corrected chi connectivity index (χ4v) is 9.48. The molecule has 0 saturated carbocycles. The van der Waals surface area contributed by atoms with E-state index in [1.54, 1.807) is 24.3 Å². The fourth-order valence-electron chi connectivity index (χ4n) is 8.28. The van der Waals surface area contributed by atoms with Gasteiger partial charge in [0.2, 0.25) is 15.9 Å². The Kier molecular flexibility index (Phi) is 14.1. The van der Waals surface area contributed by atoms with Gasteiger partial charge in [-0.3, -0.25) is 9.69 Å². The Morgan fingerprint density at radius 1 is 0.719 bits per heavy atom. The van der Waals surface area contributed by atoms with Gasteiger partial charge in [0.1, 0.15) is 6.04 Å². The maximum Gasteiger partial charge on any atom is 0.241 e. The largest absolute Gasteiger partial charge is 0.392 e. The molecule has 9 nitrogen and oxygen atoms in total. The molecule has 1 saturated heterocycles. The summed E-state index contributed by atoms with van der Waals surface area (Å²) in [5, 5.41) is 15.2. The van der Waals surface area contributed by atoms with E-state index in [1.807, 2.05) is 104 Å². The third kappa shape index (κ3) is 11.0. The third-order valence-electron chi connectivity index (χ3n) is 12.1. The Labute approximate surface area is 376 Å². The molecule has 0 radical (unpaired) electrons. The quantitative estimate of drug-likeness (QED) is 0.0886. The highest BCUT2D eigenvalue weighted by molar-refractivity contribution is 7.89. The number of likely N-dealkylation sites (N-methyl/N-ethyl adjacent to an activating group) is 1. The van der Waals surface area contributed by atoms with E-state index in [-0.39, 0.29) is 42.7 Å². The van der Waals surface area contributed by atoms with Crippen LogP contribution in [0.3, 0.4) is 0 Å². The first-order valence-electron chi connectivity index (χ1n) is 21.8. The van der Waals surface area contributed by atoms with Crippen LogP contribution in [0.15, 0.2) is 175 Å². The normalized spacial score (nSPS) is 17.5. The number of fused-ring (bicyclic) bond motifs is 1. The summed E-state index contributed by atoms with van der Waals surface area (Å²) in [7, 11) is -1.84. The van der Waals surface area contributed by atoms with Crippen LogP contribution in [0.5, 0.6) is 0 Å². The number of aliphatic hydroxyl groups is 1. The molecule has 1 fully saturated rings. The van der Waals surface area contributed by atoms with Gasteiger partial charge in [-0.1, -0.05) is 145 Å². The summed E-state index contributed by atoms with van der Waals surface area (Å²) in [6.45, 7) is 4.98. The maximum absolute atomic E-state index is 13.8. The van der Waals surface area contributed by atoms with Crippen LogP contribution in [0.1, 0.15) is 70.7 Å². The number of carbonyl (C=O) groups is 1. The SMILES string of the molecule is Cc1ccc(S(=O)(=O)N[C@H](Cc2ccccc2)C(=O)NCc2cccc(-c3cccc([C@H]4O[C@@H](CN(C)[C@H](C)c5ccc6ccccc6c5)C[C@@H](c5ccc(CO)cc5)O4)c3)c2)cc1. The molecule has 8 rings (SSSR count). The van der Waals surface area contributed by atoms with Crippen molar-refractivity contribution in [3.63, 3.8) is 0 Å². The number of carbonyl (C=O) groups excluding carboxylic acids is 1. The molecule has 7 aromatic rings. The van der Waals surface area contributed by atoms with Crippen LogP contribution in [0.4, 0.5) is 0 Å². The van der Waals surface area contributed by atoms with E-state index in [9.17, 15) is 18.3 Å². The maximum atomic E-state index is 13.8. The minimum absolute atomic E-state index is 0.0250. The van der Waals surface area contributed by atoms with Crippen molar-refractivity contribution in [2.75, 3.05) is 13.6 Å². The molecule has 1 heterocycles. The Morgan fingerprint density at radius 2 is 1.41 bits per heavy atom. The van der Waals surface area contributed by atoms with Crippen LogP contribution in [0.2, 0.25) is 0 Å². The van der Waals surface area contributed by atoms with E-state index in [0.29, 0.717) is 13.0 Å². The van der Waals surface area contributed by atoms with Crippen molar-refractivity contribution in [2.24, 2.45) is 0 Å². The van der Waals surface area contributed by atoms with Crippen LogP contribution in [0, 0.1) is 6.92 Å². The average molecular weight is 874 g/mol. The highest BCUT2D eigenvalue weighted by atomic mass is 32.2. The van der Waals surface area contributed by atoms with Gasteiger partial charge in [-0.2, -0.15) is 4.72 Å². The Morgan fingerprint density at radius 3 is 2.16 bits per heavy atom. The molecule has 10 heteroatoms. The van der Waals surface area contributed by atoms with Crippen molar-refractivity contribution in [1.29, 1.82) is 0 Å². The number of hydrogen-bond acceptors (Lipinski definition) is 7. The van der Waals surface area contributed by atoms with Gasteiger partial charge < -0.3 is 19.9 Å². The van der Waals surface area contributed by atoms with E-state index in [1.165, 1.54) is 16.3 Å². The zero-order chi connectivity index (χ0) is 44.6. The van der Waals surface area contributed by atoms with Crippen molar-refractivity contribution >= 4 is 26.7 Å². The first-order chi connectivity index (χ1) is 31.0. The van der Waals surface area contributed by atoms with E-state index in [0.717, 1.165) is 44.5 Å². The summed E-state index contributed by atoms with van der Waals surface area (Å²) in [5.74, 6) is -0.425. The lowest BCUT2D eigenvalue weighted by molar-refractivity contribution is -0.253. The van der Waals surface area contributed by atoms with Crippen molar-refractivity contribution in [1.82, 2.24) is 14.9 Å². The number of amides is 1. The van der Waals surface area contributed by atoms with E-state index < -0.39 is 28.3 Å². The number of ether oxygens (including phenoxy) is 2. The van der Waals surface area contributed by atoms with Gasteiger partial charge in [-0.05, 0) is 107 Å². The summed E-state index contributed by atoms with van der Waals surface area (Å²) in [6, 6.07) is 54.2. The topological polar surface area (TPSA) is 117 Å². The van der Waals surface area contributed by atoms with Crippen LogP contribution in [0.25, 0.3) is 21.9 Å². The molecule has 3 N–H and O–H groups in total. The summed E-state index contributed by atoms with van der Waals surface area (Å²) >= 11 is 0. The number of benzene rings is 7. The lowest BCUT2D eigenvalue weighted by Gasteiger charge is -2.39. The highest BCUT2D eigenvalue weighted by Crippen LogP contribution is 2.40. The van der Waals surface area contributed by atoms with E-state index in [2.05, 4.69) is 77.4 Å². The summed E-state index contributed by atoms with van der Waals surface area (Å²) < 4.78 is 43.1. The molecule has 7 aromatic carbocycles. The van der Waals surface area contributed by atoms with Crippen LogP contribution in [-0.4, -0.2) is 50.1 Å². The minimum atomic E-state index is -3.98. The zero-order valence-corrected chi connectivity index (χ0v) is 37.2. The smallest absolute Gasteiger partial charge is 0.241 e. The zero-order valence-electron chi connectivity index (χ0n) is 36.4. The van der Waals surface area contributed by atoms with Crippen molar-refractivity contribution in [3.05, 3.63) is 209 Å². The summed E-state index contributed by atoms with van der Waals surface area (Å²) in [5.41, 5.74) is 8.53. The molecular weight excluding hydrogens is 819 g/mol. The van der Waals surface area contributed by atoms with Crippen molar-refractivity contribution in [2.45, 2.75) is 75.3 Å². The number of aliphatic hydroxyl groups excluding tert-OH is 1. The molecule has 0 unspecified atom stereocenters. The first kappa shape index (κ1) is 44.6. The predicted octanol–water partition coefficient (Wildman–Crippen LogP) is 9.75. The molecule has 328 valence electrons. The predicted molar refractivity (Wildman–Crippen MR) is 253 cm³/mol. The number of hydrogen-bond donors (Lipinski definition) is 3. The van der Waals surface area contributed by atoms with Crippen LogP contribution < -0.4 is 10.0 Å². The summed E-state index contributed by atoms with van der Waals surface area (Å²) in [4.78, 5) is 16.2. The van der Waals surface area contributed by atoms with Gasteiger partial charge >= 0.3 is 0 Å². The van der Waals surface area contributed by atoms with Gasteiger partial charge in [0.15, 0.2) is 6.29 Å². The Hall–Kier alpha value is -5.98. The number of sulfonamides is 1. The lowest BCUT2D eigenvalue weighted by atomic mass is 9.97. The highest BCUT2D eigenvalue weighted by Gasteiger charge is 2.34. The first-order valence-corrected chi connectivity index (χ1v) is 23.3. The van der Waals surface area contributed by atoms with Crippen LogP contribution >= 0.6 is 0 Å². The molecule has 1 aliphatic rings. The molecule has 0 bridgehead atoms. The summed E-state index contributed by atoms with van der Waals surface area (Å²) in [6.07, 6.45) is -0.166. The molecule has 5 atom stereocenters. The molecule has 0 aliphatic carbocycles. The Bertz CT molecular complexity index is 2780. The standard InChI is InChI=1S/C54H55N3O6S/c1-37-19-27-50(28-20-37)64(60,61)56-51(30-39-11-5-4-6-12-39)53(59)55-34-41-13-9-16-45(29-41)47-17-10-18-48(32-47)54-62-49(33-52(63-54)43-23-21-40(36-58)22-24-43)35-57(3)38(2)44-26-25-42-14-7-8-15-46(42)31-44/h4-29,31-32,38,49,51-52,54,56,58H,30,33-36H2,1-3H3,(H,55,59)/t38-,49-,51-,52+,54+/m1/s1. The van der Waals surface area contributed by atoms with Crippen molar-refractivity contribution < 1.29 is 27.8 Å². The molecule has 0 aromatic heterocycles. The number of rotatable bonds is 16. The Balaban J connectivity index is 0.985. The average Bonchev–Trinajstić information content (AvgIpc) is 3.33. The number of aryl methyl sites for hydroxylation is 1. The second-order valence-electron chi connectivity index (χ2n) is 16.8. The van der Waals surface area contributed by atoms with Gasteiger partial charge in [-0.15, -0.1) is 0 Å². The number of nitrogens with zero attached hydrogens (tertiary/aromatic N) is 1. The lowest BCUT2D eigenvalue weighted by Crippen LogP contribution is -2.47. The molecule has 0 spiro atoms. The van der Waals surface area contributed by atoms with Gasteiger partial charge in [0.25, 0.3) is 0 Å². The number of nitrogens with one attached hydrogen (secondary N) is 2. The van der Waals surface area contributed by atoms with Crippen LogP contribution in [-0.2, 0) is 43.9 Å².